The molecule has 1 saturated heterocycles. The highest BCUT2D eigenvalue weighted by Gasteiger charge is 2.39. The van der Waals surface area contributed by atoms with E-state index in [9.17, 15) is 14.4 Å². The highest BCUT2D eigenvalue weighted by molar-refractivity contribution is 5.92. The Morgan fingerprint density at radius 3 is 2.37 bits per heavy atom. The molecule has 7 heteroatoms. The van der Waals surface area contributed by atoms with E-state index < -0.39 is 0 Å². The van der Waals surface area contributed by atoms with Crippen LogP contribution in [0.25, 0.3) is 0 Å². The van der Waals surface area contributed by atoms with Gasteiger partial charge in [0.15, 0.2) is 0 Å². The number of anilines is 1. The number of hydrogen-bond acceptors (Lipinski definition) is 4. The van der Waals surface area contributed by atoms with Gasteiger partial charge in [0, 0.05) is 30.7 Å². The summed E-state index contributed by atoms with van der Waals surface area (Å²) >= 11 is 0. The van der Waals surface area contributed by atoms with Crippen molar-refractivity contribution in [2.45, 2.75) is 32.2 Å². The van der Waals surface area contributed by atoms with Gasteiger partial charge in [0.05, 0.1) is 13.1 Å². The molecule has 146 valence electrons. The highest BCUT2D eigenvalue weighted by Crippen LogP contribution is 2.37. The lowest BCUT2D eigenvalue weighted by Crippen LogP contribution is -2.48. The molecule has 2 atom stereocenters. The Labute approximate surface area is 159 Å². The zero-order chi connectivity index (χ0) is 19.2. The lowest BCUT2D eigenvalue weighted by atomic mass is 10.0. The van der Waals surface area contributed by atoms with Gasteiger partial charge in [-0.3, -0.25) is 19.3 Å². The van der Waals surface area contributed by atoms with E-state index in [1.807, 2.05) is 37.3 Å². The number of para-hydroxylation sites is 1. The fraction of sp³-hybridized carbons (Fsp3) is 0.550. The van der Waals surface area contributed by atoms with E-state index in [-0.39, 0.29) is 36.2 Å². The first-order valence-corrected chi connectivity index (χ1v) is 9.65. The van der Waals surface area contributed by atoms with E-state index in [1.165, 1.54) is 0 Å². The van der Waals surface area contributed by atoms with Crippen molar-refractivity contribution in [1.29, 1.82) is 0 Å². The van der Waals surface area contributed by atoms with E-state index in [1.54, 1.807) is 0 Å². The van der Waals surface area contributed by atoms with E-state index in [0.717, 1.165) is 38.0 Å². The number of nitrogens with zero attached hydrogens (tertiary/aromatic N) is 1. The normalized spacial score (nSPS) is 22.7. The Kier molecular flexibility index (Phi) is 6.45. The molecule has 1 saturated carbocycles. The van der Waals surface area contributed by atoms with Crippen molar-refractivity contribution in [2.75, 3.05) is 31.5 Å². The second kappa shape index (κ2) is 8.99. The van der Waals surface area contributed by atoms with E-state index >= 15 is 0 Å². The number of piperidine rings is 1. The predicted octanol–water partition coefficient (Wildman–Crippen LogP) is 0.978. The smallest absolute Gasteiger partial charge is 0.239 e. The monoisotopic (exact) mass is 372 g/mol. The summed E-state index contributed by atoms with van der Waals surface area (Å²) in [5.41, 5.74) is 0.798. The quantitative estimate of drug-likeness (QED) is 0.665. The Hall–Kier alpha value is -2.41. The average molecular weight is 372 g/mol. The van der Waals surface area contributed by atoms with Crippen LogP contribution in [-0.2, 0) is 14.4 Å². The lowest BCUT2D eigenvalue weighted by molar-refractivity contribution is -0.127. The van der Waals surface area contributed by atoms with Gasteiger partial charge in [0.2, 0.25) is 17.7 Å². The molecule has 1 heterocycles. The molecule has 1 aliphatic carbocycles. The number of rotatable bonds is 7. The fourth-order valence-electron chi connectivity index (χ4n) is 3.43. The average Bonchev–Trinajstić information content (AvgIpc) is 3.39. The minimum atomic E-state index is -0.142. The lowest BCUT2D eigenvalue weighted by Gasteiger charge is -2.31. The maximum absolute atomic E-state index is 12.1. The zero-order valence-corrected chi connectivity index (χ0v) is 15.7. The first-order chi connectivity index (χ1) is 13.0. The molecule has 27 heavy (non-hydrogen) atoms. The van der Waals surface area contributed by atoms with E-state index in [0.29, 0.717) is 12.5 Å². The van der Waals surface area contributed by atoms with Gasteiger partial charge in [-0.05, 0) is 37.3 Å². The van der Waals surface area contributed by atoms with E-state index in [4.69, 9.17) is 0 Å². The van der Waals surface area contributed by atoms with Gasteiger partial charge < -0.3 is 16.0 Å². The summed E-state index contributed by atoms with van der Waals surface area (Å²) in [5, 5.41) is 8.57. The third-order valence-electron chi connectivity index (χ3n) is 5.25. The SMILES string of the molecule is C[C@@H]1C[C@H]1C(=O)NCC(=O)NC1CCN(CC(=O)Nc2ccccc2)CC1. The maximum Gasteiger partial charge on any atom is 0.239 e. The number of hydrogen-bond donors (Lipinski definition) is 3. The van der Waals surface area contributed by atoms with Crippen LogP contribution in [0.5, 0.6) is 0 Å². The number of carbonyl (C=O) groups excluding carboxylic acids is 3. The summed E-state index contributed by atoms with van der Waals surface area (Å²) in [6, 6.07) is 9.51. The van der Waals surface area contributed by atoms with Gasteiger partial charge in [-0.15, -0.1) is 0 Å². The summed E-state index contributed by atoms with van der Waals surface area (Å²) in [7, 11) is 0. The Morgan fingerprint density at radius 2 is 1.74 bits per heavy atom. The molecular formula is C20H28N4O3. The van der Waals surface area contributed by atoms with Crippen LogP contribution in [0.4, 0.5) is 5.69 Å². The largest absolute Gasteiger partial charge is 0.352 e. The third kappa shape index (κ3) is 6.06. The van der Waals surface area contributed by atoms with Gasteiger partial charge in [-0.1, -0.05) is 25.1 Å². The van der Waals surface area contributed by atoms with Crippen LogP contribution >= 0.6 is 0 Å². The Morgan fingerprint density at radius 1 is 1.07 bits per heavy atom. The van der Waals surface area contributed by atoms with Crippen molar-refractivity contribution in [3.05, 3.63) is 30.3 Å². The molecule has 0 bridgehead atoms. The van der Waals surface area contributed by atoms with Gasteiger partial charge in [-0.25, -0.2) is 0 Å². The molecule has 3 rings (SSSR count). The number of benzene rings is 1. The summed E-state index contributed by atoms with van der Waals surface area (Å²) in [6.45, 7) is 3.96. The molecule has 3 N–H and O–H groups in total. The standard InChI is InChI=1S/C20H28N4O3/c1-14-11-17(14)20(27)21-12-18(25)22-16-7-9-24(10-8-16)13-19(26)23-15-5-3-2-4-6-15/h2-6,14,16-17H,7-13H2,1H3,(H,21,27)(H,22,25)(H,23,26)/t14-,17-/m1/s1. The van der Waals surface area contributed by atoms with Crippen LogP contribution in [0.3, 0.4) is 0 Å². The predicted molar refractivity (Wildman–Crippen MR) is 103 cm³/mol. The molecule has 3 amide bonds. The van der Waals surface area contributed by atoms with Crippen molar-refractivity contribution in [2.24, 2.45) is 11.8 Å². The van der Waals surface area contributed by atoms with E-state index in [2.05, 4.69) is 20.9 Å². The molecule has 1 aromatic rings. The third-order valence-corrected chi connectivity index (χ3v) is 5.25. The van der Waals surface area contributed by atoms with Gasteiger partial charge >= 0.3 is 0 Å². The molecule has 0 radical (unpaired) electrons. The first kappa shape index (κ1) is 19.4. The summed E-state index contributed by atoms with van der Waals surface area (Å²) in [6.07, 6.45) is 2.53. The topological polar surface area (TPSA) is 90.5 Å². The zero-order valence-electron chi connectivity index (χ0n) is 15.7. The number of nitrogens with one attached hydrogen (secondary N) is 3. The Balaban J connectivity index is 1.31. The van der Waals surface area contributed by atoms with Crippen LogP contribution in [0.1, 0.15) is 26.2 Å². The van der Waals surface area contributed by atoms with Crippen molar-refractivity contribution >= 4 is 23.4 Å². The molecular weight excluding hydrogens is 344 g/mol. The molecule has 7 nitrogen and oxygen atoms in total. The molecule has 2 aliphatic rings. The molecule has 2 fully saturated rings. The summed E-state index contributed by atoms with van der Waals surface area (Å²) in [5.74, 6) is 0.342. The maximum atomic E-state index is 12.1. The van der Waals surface area contributed by atoms with Crippen molar-refractivity contribution < 1.29 is 14.4 Å². The van der Waals surface area contributed by atoms with Crippen LogP contribution < -0.4 is 16.0 Å². The number of carbonyl (C=O) groups is 3. The van der Waals surface area contributed by atoms with Crippen LogP contribution in [0.15, 0.2) is 30.3 Å². The summed E-state index contributed by atoms with van der Waals surface area (Å²) < 4.78 is 0. The molecule has 1 aromatic carbocycles. The molecule has 0 unspecified atom stereocenters. The van der Waals surface area contributed by atoms with Gasteiger partial charge in [0.25, 0.3) is 0 Å². The minimum Gasteiger partial charge on any atom is -0.352 e. The van der Waals surface area contributed by atoms with Crippen molar-refractivity contribution in [1.82, 2.24) is 15.5 Å². The van der Waals surface area contributed by atoms with Crippen molar-refractivity contribution in [3.63, 3.8) is 0 Å². The molecule has 0 aromatic heterocycles. The summed E-state index contributed by atoms with van der Waals surface area (Å²) in [4.78, 5) is 38.0. The van der Waals surface area contributed by atoms with Crippen molar-refractivity contribution in [3.8, 4) is 0 Å². The van der Waals surface area contributed by atoms with Crippen LogP contribution in [-0.4, -0.2) is 54.8 Å². The van der Waals surface area contributed by atoms with Gasteiger partial charge in [0.1, 0.15) is 0 Å². The molecule has 0 spiro atoms. The molecule has 1 aliphatic heterocycles. The Bertz CT molecular complexity index is 671. The highest BCUT2D eigenvalue weighted by atomic mass is 16.2. The van der Waals surface area contributed by atoms with Crippen LogP contribution in [0.2, 0.25) is 0 Å². The first-order valence-electron chi connectivity index (χ1n) is 9.65. The second-order valence-electron chi connectivity index (χ2n) is 7.57. The second-order valence-corrected chi connectivity index (χ2v) is 7.57. The van der Waals surface area contributed by atoms with Crippen LogP contribution in [0, 0.1) is 11.8 Å². The minimum absolute atomic E-state index is 0.0168. The fourth-order valence-corrected chi connectivity index (χ4v) is 3.43. The number of likely N-dealkylation sites (tertiary alicyclic amines) is 1. The van der Waals surface area contributed by atoms with Gasteiger partial charge in [-0.2, -0.15) is 0 Å². The number of amides is 3.